The van der Waals surface area contributed by atoms with Crippen LogP contribution in [0.15, 0.2) is 131 Å². The molecule has 0 amide bonds. The lowest BCUT2D eigenvalue weighted by Crippen LogP contribution is -2.31. The van der Waals surface area contributed by atoms with Crippen molar-refractivity contribution in [1.29, 1.82) is 0 Å². The van der Waals surface area contributed by atoms with Crippen LogP contribution >= 0.6 is 0 Å². The van der Waals surface area contributed by atoms with Gasteiger partial charge in [-0.25, -0.2) is 9.98 Å². The van der Waals surface area contributed by atoms with Crippen LogP contribution < -0.4 is 37.7 Å². The van der Waals surface area contributed by atoms with Crippen LogP contribution in [0.25, 0.3) is 33.4 Å². The molecule has 6 aromatic rings. The number of nitrogens with zero attached hydrogens (tertiary/aromatic N) is 2. The summed E-state index contributed by atoms with van der Waals surface area (Å²) < 4.78 is 11.5. The second kappa shape index (κ2) is 19.4. The van der Waals surface area contributed by atoms with Gasteiger partial charge in [0.25, 0.3) is 0 Å². The van der Waals surface area contributed by atoms with Crippen LogP contribution in [0.1, 0.15) is 77.1 Å². The van der Waals surface area contributed by atoms with E-state index in [1.54, 1.807) is 14.2 Å². The first-order valence-corrected chi connectivity index (χ1v) is 21.5. The fraction of sp³-hybridized carbons (Fsp3) is 0.283. The summed E-state index contributed by atoms with van der Waals surface area (Å²) in [5.74, 6) is 2.50. The maximum absolute atomic E-state index is 6.41. The van der Waals surface area contributed by atoms with Crippen LogP contribution in [0.4, 0.5) is 0 Å². The molecular weight excluding hydrogens is 767 g/mol. The number of hydrogen-bond donors (Lipinski definition) is 5. The van der Waals surface area contributed by atoms with Crippen molar-refractivity contribution < 1.29 is 9.47 Å². The van der Waals surface area contributed by atoms with Gasteiger partial charge in [0.15, 0.2) is 23.4 Å². The van der Waals surface area contributed by atoms with Gasteiger partial charge in [-0.3, -0.25) is 0 Å². The fourth-order valence-corrected chi connectivity index (χ4v) is 8.33. The molecule has 0 spiro atoms. The highest BCUT2D eigenvalue weighted by Gasteiger charge is 2.25. The number of guanidine groups is 2. The fourth-order valence-electron chi connectivity index (χ4n) is 8.33. The smallest absolute Gasteiger partial charge is 0.189 e. The molecule has 320 valence electrons. The molecule has 0 heterocycles. The number of nitrogens with two attached hydrogens (primary N) is 4. The summed E-state index contributed by atoms with van der Waals surface area (Å²) >= 11 is 0. The zero-order valence-corrected chi connectivity index (χ0v) is 36.8. The van der Waals surface area contributed by atoms with Crippen molar-refractivity contribution in [2.45, 2.75) is 77.4 Å². The second-order valence-corrected chi connectivity index (χ2v) is 17.1. The predicted molar refractivity (Wildman–Crippen MR) is 257 cm³/mol. The Kier molecular flexibility index (Phi) is 13.6. The van der Waals surface area contributed by atoms with Gasteiger partial charge in [-0.2, -0.15) is 0 Å². The number of ether oxygens (including phenoxy) is 2. The Balaban J connectivity index is 1.03. The molecule has 9 heteroatoms. The van der Waals surface area contributed by atoms with Gasteiger partial charge in [0.05, 0.1) is 27.3 Å². The van der Waals surface area contributed by atoms with Crippen LogP contribution in [0.5, 0.6) is 11.5 Å². The van der Waals surface area contributed by atoms with Gasteiger partial charge in [0.1, 0.15) is 0 Å². The zero-order valence-electron chi connectivity index (χ0n) is 36.8. The Labute approximate surface area is 367 Å². The first-order valence-electron chi connectivity index (χ1n) is 21.5. The van der Waals surface area contributed by atoms with Gasteiger partial charge in [0, 0.05) is 12.1 Å². The summed E-state index contributed by atoms with van der Waals surface area (Å²) in [6, 6.07) is 43.7. The van der Waals surface area contributed by atoms with Crippen molar-refractivity contribution >= 4 is 11.9 Å². The lowest BCUT2D eigenvalue weighted by molar-refractivity contribution is 0.355. The van der Waals surface area contributed by atoms with Crippen LogP contribution in [0, 0.1) is 6.92 Å². The monoisotopic (exact) mass is 827 g/mol. The zero-order chi connectivity index (χ0) is 43.8. The normalized spacial score (nSPS) is 12.8. The highest BCUT2D eigenvalue weighted by atomic mass is 16.5. The number of benzene rings is 6. The molecule has 62 heavy (non-hydrogen) atoms. The summed E-state index contributed by atoms with van der Waals surface area (Å²) in [5.41, 5.74) is 39.9. The molecule has 0 bridgehead atoms. The molecule has 1 aliphatic rings. The summed E-state index contributed by atoms with van der Waals surface area (Å²) in [5, 5.41) is 3.32. The summed E-state index contributed by atoms with van der Waals surface area (Å²) in [6.07, 6.45) is 4.27. The average molecular weight is 828 g/mol. The van der Waals surface area contributed by atoms with Gasteiger partial charge in [-0.05, 0) is 142 Å². The van der Waals surface area contributed by atoms with Gasteiger partial charge >= 0.3 is 0 Å². The van der Waals surface area contributed by atoms with Crippen molar-refractivity contribution in [1.82, 2.24) is 5.32 Å². The molecule has 7 rings (SSSR count). The molecule has 1 fully saturated rings. The van der Waals surface area contributed by atoms with Crippen LogP contribution in [0.3, 0.4) is 0 Å². The molecule has 1 aliphatic carbocycles. The lowest BCUT2D eigenvalue weighted by Gasteiger charge is -2.27. The maximum atomic E-state index is 6.41. The summed E-state index contributed by atoms with van der Waals surface area (Å²) in [7, 11) is 3.28. The van der Waals surface area contributed by atoms with E-state index in [0.717, 1.165) is 57.7 Å². The molecule has 9 N–H and O–H groups in total. The molecule has 0 atom stereocenters. The van der Waals surface area contributed by atoms with Gasteiger partial charge in [0.2, 0.25) is 0 Å². The number of aryl methyl sites for hydroxylation is 1. The number of rotatable bonds is 17. The Morgan fingerprint density at radius 1 is 0.677 bits per heavy atom. The Morgan fingerprint density at radius 2 is 1.35 bits per heavy atom. The molecule has 0 aliphatic heterocycles. The minimum absolute atomic E-state index is 0.0383. The number of methoxy groups -OCH3 is 2. The Bertz CT molecular complexity index is 2550. The van der Waals surface area contributed by atoms with Crippen molar-refractivity contribution in [3.8, 4) is 44.9 Å². The van der Waals surface area contributed by atoms with Crippen molar-refractivity contribution in [2.75, 3.05) is 20.8 Å². The SMILES string of the molecule is COc1cc(CN=C(N)N)cc(-c2ccc(C(C)(C)Cc3ccc(-c4cc(C)cc(CN=C(N)NCc5cccc(-c6ccc(C7CC7)cc6)c5)c4)cc3CCN)cc2)c1OC. The van der Waals surface area contributed by atoms with E-state index in [1.165, 1.54) is 51.8 Å². The quantitative estimate of drug-likeness (QED) is 0.0453. The molecule has 9 nitrogen and oxygen atoms in total. The number of nitrogens with one attached hydrogen (secondary N) is 1. The van der Waals surface area contributed by atoms with E-state index in [9.17, 15) is 0 Å². The lowest BCUT2D eigenvalue weighted by atomic mass is 9.77. The third-order valence-electron chi connectivity index (χ3n) is 11.8. The standard InChI is InChI=1S/C53H61N7O2/c1-34-23-36(33-60-52(57)59-31-35-7-6-8-42(25-35)40-13-11-39(12-14-40)38-9-10-38)26-46(24-34)43-15-16-45(44(29-43)21-22-54)30-53(2,3)47-19-17-41(18-20-47)48-27-37(32-58-51(55)56)28-49(61-4)50(48)62-5/h6-8,11-20,23-29,38H,9-10,21-22,30-33,54H2,1-5H3,(H4,55,56,58)(H3,57,59,60). The van der Waals surface area contributed by atoms with E-state index in [2.05, 4.69) is 140 Å². The second-order valence-electron chi connectivity index (χ2n) is 17.1. The Hall–Kier alpha value is -6.58. The molecule has 1 saturated carbocycles. The highest BCUT2D eigenvalue weighted by molar-refractivity contribution is 5.78. The first-order chi connectivity index (χ1) is 29.9. The topological polar surface area (TPSA) is 159 Å². The van der Waals surface area contributed by atoms with Gasteiger partial charge in [-0.1, -0.05) is 116 Å². The van der Waals surface area contributed by atoms with Crippen molar-refractivity contribution in [3.05, 3.63) is 166 Å². The molecule has 0 radical (unpaired) electrons. The predicted octanol–water partition coefficient (Wildman–Crippen LogP) is 9.29. The first kappa shape index (κ1) is 43.5. The molecule has 0 unspecified atom stereocenters. The minimum Gasteiger partial charge on any atom is -0.493 e. The van der Waals surface area contributed by atoms with E-state index in [4.69, 9.17) is 37.4 Å². The number of aliphatic imine (C=N–C) groups is 2. The summed E-state index contributed by atoms with van der Waals surface area (Å²) in [6.45, 7) is 8.70. The van der Waals surface area contributed by atoms with Crippen LogP contribution in [-0.2, 0) is 37.9 Å². The van der Waals surface area contributed by atoms with Crippen molar-refractivity contribution in [3.63, 3.8) is 0 Å². The van der Waals surface area contributed by atoms with E-state index >= 15 is 0 Å². The van der Waals surface area contributed by atoms with Gasteiger partial charge < -0.3 is 37.7 Å². The molecular formula is C53H61N7O2. The Morgan fingerprint density at radius 3 is 2.05 bits per heavy atom. The van der Waals surface area contributed by atoms with E-state index < -0.39 is 0 Å². The average Bonchev–Trinajstić information content (AvgIpc) is 4.13. The molecule has 0 saturated heterocycles. The van der Waals surface area contributed by atoms with E-state index in [0.29, 0.717) is 43.6 Å². The van der Waals surface area contributed by atoms with Crippen molar-refractivity contribution in [2.24, 2.45) is 32.9 Å². The summed E-state index contributed by atoms with van der Waals surface area (Å²) in [4.78, 5) is 8.92. The van der Waals surface area contributed by atoms with Crippen LogP contribution in [-0.4, -0.2) is 32.7 Å². The van der Waals surface area contributed by atoms with Gasteiger partial charge in [-0.15, -0.1) is 0 Å². The largest absolute Gasteiger partial charge is 0.493 e. The third kappa shape index (κ3) is 10.8. The maximum Gasteiger partial charge on any atom is 0.189 e. The van der Waals surface area contributed by atoms with E-state index in [-0.39, 0.29) is 11.4 Å². The highest BCUT2D eigenvalue weighted by Crippen LogP contribution is 2.42. The molecule has 0 aromatic heterocycles. The third-order valence-corrected chi connectivity index (χ3v) is 11.8. The van der Waals surface area contributed by atoms with Crippen LogP contribution in [0.2, 0.25) is 0 Å². The molecule has 6 aromatic carbocycles. The van der Waals surface area contributed by atoms with E-state index in [1.807, 2.05) is 12.1 Å². The minimum atomic E-state index is -0.160. The number of hydrogen-bond acceptors (Lipinski definition) is 5.